The van der Waals surface area contributed by atoms with E-state index in [4.69, 9.17) is 29.5 Å². The summed E-state index contributed by atoms with van der Waals surface area (Å²) in [7, 11) is 0. The molecule has 3 atom stereocenters. The first-order valence-electron chi connectivity index (χ1n) is 6.96. The highest BCUT2D eigenvalue weighted by Crippen LogP contribution is 2.47. The summed E-state index contributed by atoms with van der Waals surface area (Å²) in [5, 5.41) is 27.4. The molecule has 3 N–H and O–H groups in total. The first-order chi connectivity index (χ1) is 8.94. The van der Waals surface area contributed by atoms with Gasteiger partial charge in [0.15, 0.2) is 0 Å². The van der Waals surface area contributed by atoms with Crippen molar-refractivity contribution in [3.63, 3.8) is 0 Å². The van der Waals surface area contributed by atoms with E-state index >= 15 is 0 Å². The van der Waals surface area contributed by atoms with Crippen molar-refractivity contribution in [2.75, 3.05) is 19.8 Å². The summed E-state index contributed by atoms with van der Waals surface area (Å²) in [4.78, 5) is 0. The maximum absolute atomic E-state index is 9.15. The molecular weight excluding hydrogens is 252 g/mol. The van der Waals surface area contributed by atoms with Crippen LogP contribution in [-0.2, 0) is 14.2 Å². The maximum Gasteiger partial charge on any atom is 0.275 e. The Morgan fingerprint density at radius 3 is 1.37 bits per heavy atom. The van der Waals surface area contributed by atoms with Gasteiger partial charge in [-0.1, -0.05) is 0 Å². The lowest BCUT2D eigenvalue weighted by atomic mass is 9.71. The van der Waals surface area contributed by atoms with Crippen molar-refractivity contribution in [3.05, 3.63) is 0 Å². The van der Waals surface area contributed by atoms with Crippen LogP contribution in [0.25, 0.3) is 0 Å². The van der Waals surface area contributed by atoms with Gasteiger partial charge in [0.1, 0.15) is 0 Å². The van der Waals surface area contributed by atoms with Gasteiger partial charge < -0.3 is 29.5 Å². The Kier molecular flexibility index (Phi) is 3.57. The molecule has 0 bridgehead atoms. The van der Waals surface area contributed by atoms with E-state index in [-0.39, 0.29) is 30.1 Å². The Morgan fingerprint density at radius 2 is 1.11 bits per heavy atom. The molecule has 19 heavy (non-hydrogen) atoms. The van der Waals surface area contributed by atoms with Gasteiger partial charge in [0.05, 0.1) is 38.1 Å². The summed E-state index contributed by atoms with van der Waals surface area (Å²) in [6.45, 7) is 2.34. The van der Waals surface area contributed by atoms with Gasteiger partial charge in [0, 0.05) is 6.42 Å². The Labute approximate surface area is 112 Å². The maximum atomic E-state index is 9.15. The molecule has 0 aliphatic carbocycles. The molecule has 0 aromatic rings. The summed E-state index contributed by atoms with van der Waals surface area (Å²) in [5.41, 5.74) is -0.0943. The van der Waals surface area contributed by atoms with Gasteiger partial charge in [-0.2, -0.15) is 0 Å². The SMILES string of the molecule is OC(O)(O)CCC(CC1CO1)(CC1CO1)CC1CO1. The molecule has 3 heterocycles. The predicted octanol–water partition coefficient (Wildman–Crippen LogP) is -0.250. The van der Waals surface area contributed by atoms with Crippen LogP contribution >= 0.6 is 0 Å². The summed E-state index contributed by atoms with van der Waals surface area (Å²) in [6.07, 6.45) is 3.91. The van der Waals surface area contributed by atoms with Crippen LogP contribution in [0.1, 0.15) is 32.1 Å². The highest BCUT2D eigenvalue weighted by atomic mass is 16.7. The molecule has 0 amide bonds. The highest BCUT2D eigenvalue weighted by molar-refractivity contribution is 4.94. The zero-order chi connectivity index (χ0) is 13.5. The predicted molar refractivity (Wildman–Crippen MR) is 64.1 cm³/mol. The van der Waals surface area contributed by atoms with Gasteiger partial charge in [-0.25, -0.2) is 0 Å². The molecule has 3 fully saturated rings. The molecule has 110 valence electrons. The van der Waals surface area contributed by atoms with E-state index < -0.39 is 5.97 Å². The van der Waals surface area contributed by atoms with Crippen molar-refractivity contribution in [3.8, 4) is 0 Å². The molecule has 3 rings (SSSR count). The van der Waals surface area contributed by atoms with Crippen molar-refractivity contribution in [2.24, 2.45) is 5.41 Å². The summed E-state index contributed by atoms with van der Waals surface area (Å²) in [5.74, 6) is -2.59. The number of hydrogen-bond donors (Lipinski definition) is 3. The zero-order valence-electron chi connectivity index (χ0n) is 11.0. The van der Waals surface area contributed by atoms with Crippen LogP contribution in [0.5, 0.6) is 0 Å². The minimum Gasteiger partial charge on any atom is -0.373 e. The van der Waals surface area contributed by atoms with Crippen LogP contribution in [0.2, 0.25) is 0 Å². The van der Waals surface area contributed by atoms with Crippen LogP contribution in [0.15, 0.2) is 0 Å². The molecule has 0 aromatic carbocycles. The van der Waals surface area contributed by atoms with Crippen molar-refractivity contribution < 1.29 is 29.5 Å². The van der Waals surface area contributed by atoms with Crippen molar-refractivity contribution in [1.29, 1.82) is 0 Å². The average Bonchev–Trinajstić information content (AvgIpc) is 3.09. The molecule has 3 saturated heterocycles. The summed E-state index contributed by atoms with van der Waals surface area (Å²) in [6, 6.07) is 0. The molecule has 0 radical (unpaired) electrons. The molecule has 3 aliphatic heterocycles. The Balaban J connectivity index is 1.64. The number of rotatable bonds is 9. The van der Waals surface area contributed by atoms with Gasteiger partial charge >= 0.3 is 0 Å². The minimum atomic E-state index is -2.59. The van der Waals surface area contributed by atoms with Crippen molar-refractivity contribution >= 4 is 0 Å². The Morgan fingerprint density at radius 1 is 0.737 bits per heavy atom. The number of epoxide rings is 3. The molecule has 6 nitrogen and oxygen atoms in total. The van der Waals surface area contributed by atoms with Gasteiger partial charge in [-0.15, -0.1) is 0 Å². The second kappa shape index (κ2) is 4.95. The van der Waals surface area contributed by atoms with Crippen LogP contribution in [0.4, 0.5) is 0 Å². The third-order valence-corrected chi connectivity index (χ3v) is 4.18. The number of ether oxygens (including phenoxy) is 3. The third-order valence-electron chi connectivity index (χ3n) is 4.18. The van der Waals surface area contributed by atoms with Crippen molar-refractivity contribution in [1.82, 2.24) is 0 Å². The lowest BCUT2D eigenvalue weighted by molar-refractivity contribution is -0.317. The first-order valence-corrected chi connectivity index (χ1v) is 6.96. The van der Waals surface area contributed by atoms with Gasteiger partial charge in [0.2, 0.25) is 0 Å². The second-order valence-electron chi connectivity index (χ2n) is 6.25. The number of aliphatic hydroxyl groups is 3. The third kappa shape index (κ3) is 4.66. The second-order valence-corrected chi connectivity index (χ2v) is 6.25. The van der Waals surface area contributed by atoms with E-state index in [0.717, 1.165) is 39.1 Å². The highest BCUT2D eigenvalue weighted by Gasteiger charge is 2.46. The van der Waals surface area contributed by atoms with E-state index in [1.54, 1.807) is 0 Å². The monoisotopic (exact) mass is 274 g/mol. The molecule has 6 heteroatoms. The van der Waals surface area contributed by atoms with E-state index in [1.165, 1.54) is 0 Å². The lowest BCUT2D eigenvalue weighted by Gasteiger charge is -2.34. The lowest BCUT2D eigenvalue weighted by Crippen LogP contribution is -2.34. The van der Waals surface area contributed by atoms with E-state index in [2.05, 4.69) is 0 Å². The van der Waals surface area contributed by atoms with Crippen LogP contribution < -0.4 is 0 Å². The fraction of sp³-hybridized carbons (Fsp3) is 1.00. The molecule has 0 saturated carbocycles. The van der Waals surface area contributed by atoms with Gasteiger partial charge in [-0.05, 0) is 31.1 Å². The average molecular weight is 274 g/mol. The summed E-state index contributed by atoms with van der Waals surface area (Å²) >= 11 is 0. The Bertz CT molecular complexity index is 278. The topological polar surface area (TPSA) is 98.3 Å². The Hall–Kier alpha value is -0.240. The zero-order valence-corrected chi connectivity index (χ0v) is 11.0. The van der Waals surface area contributed by atoms with Crippen LogP contribution in [-0.4, -0.2) is 59.4 Å². The first kappa shape index (κ1) is 13.7. The summed E-state index contributed by atoms with van der Waals surface area (Å²) < 4.78 is 16.0. The van der Waals surface area contributed by atoms with Crippen LogP contribution in [0, 0.1) is 5.41 Å². The quantitative estimate of drug-likeness (QED) is 0.396. The van der Waals surface area contributed by atoms with E-state index in [1.807, 2.05) is 0 Å². The standard InChI is InChI=1S/C13H22O6/c14-13(15,16)2-1-12(3-9-6-17-9,4-10-7-18-10)5-11-8-19-11/h9-11,14-16H,1-8H2. The molecule has 3 aliphatic rings. The largest absolute Gasteiger partial charge is 0.373 e. The molecule has 0 spiro atoms. The molecule has 3 unspecified atom stereocenters. The fourth-order valence-electron chi connectivity index (χ4n) is 3.00. The van der Waals surface area contributed by atoms with Crippen LogP contribution in [0.3, 0.4) is 0 Å². The normalized spacial score (nSPS) is 35.8. The number of hydrogen-bond acceptors (Lipinski definition) is 6. The minimum absolute atomic E-state index is 0.0564. The van der Waals surface area contributed by atoms with Gasteiger partial charge in [-0.3, -0.25) is 0 Å². The van der Waals surface area contributed by atoms with Crippen molar-refractivity contribution in [2.45, 2.75) is 56.4 Å². The fourth-order valence-corrected chi connectivity index (χ4v) is 3.00. The molecular formula is C13H22O6. The van der Waals surface area contributed by atoms with E-state index in [9.17, 15) is 0 Å². The van der Waals surface area contributed by atoms with E-state index in [0.29, 0.717) is 6.42 Å². The molecule has 0 aromatic heterocycles. The smallest absolute Gasteiger partial charge is 0.275 e. The van der Waals surface area contributed by atoms with Gasteiger partial charge in [0.25, 0.3) is 5.97 Å².